The van der Waals surface area contributed by atoms with E-state index in [1.54, 1.807) is 0 Å². The number of aliphatic hydroxyl groups excluding tert-OH is 1. The molecule has 2 N–H and O–H groups in total. The van der Waals surface area contributed by atoms with Crippen LogP contribution in [0.2, 0.25) is 5.02 Å². The molecule has 0 aliphatic carbocycles. The molecule has 0 saturated carbocycles. The number of likely N-dealkylation sites (N-methyl/N-ethyl adjacent to an activating group) is 1. The number of aliphatic hydroxyl groups is 1. The van der Waals surface area contributed by atoms with Gasteiger partial charge in [-0.05, 0) is 30.2 Å². The van der Waals surface area contributed by atoms with Gasteiger partial charge in [0.2, 0.25) is 0 Å². The first-order valence-electron chi connectivity index (χ1n) is 5.18. The first-order valence-corrected chi connectivity index (χ1v) is 5.56. The minimum absolute atomic E-state index is 0.410. The molecule has 0 saturated heterocycles. The zero-order chi connectivity index (χ0) is 11.4. The van der Waals surface area contributed by atoms with E-state index < -0.39 is 6.10 Å². The fraction of sp³-hybridized carbons (Fsp3) is 0.500. The van der Waals surface area contributed by atoms with Crippen molar-refractivity contribution in [3.63, 3.8) is 0 Å². The molecule has 84 valence electrons. The number of benzene rings is 1. The molecule has 0 heterocycles. The van der Waals surface area contributed by atoms with Crippen LogP contribution in [-0.2, 0) is 0 Å². The van der Waals surface area contributed by atoms with Crippen LogP contribution in [-0.4, -0.2) is 18.7 Å². The van der Waals surface area contributed by atoms with E-state index in [9.17, 15) is 5.11 Å². The van der Waals surface area contributed by atoms with Gasteiger partial charge in [0.15, 0.2) is 0 Å². The van der Waals surface area contributed by atoms with Crippen molar-refractivity contribution in [1.29, 1.82) is 0 Å². The van der Waals surface area contributed by atoms with Gasteiger partial charge in [-0.2, -0.15) is 0 Å². The van der Waals surface area contributed by atoms with E-state index in [0.717, 1.165) is 16.1 Å². The van der Waals surface area contributed by atoms with Crippen molar-refractivity contribution in [1.82, 2.24) is 5.32 Å². The lowest BCUT2D eigenvalue weighted by Crippen LogP contribution is -2.16. The van der Waals surface area contributed by atoms with Crippen molar-refractivity contribution in [3.05, 3.63) is 34.3 Å². The van der Waals surface area contributed by atoms with Crippen LogP contribution in [0.4, 0.5) is 0 Å². The topological polar surface area (TPSA) is 32.3 Å². The van der Waals surface area contributed by atoms with E-state index in [0.29, 0.717) is 12.5 Å². The van der Waals surface area contributed by atoms with Crippen LogP contribution < -0.4 is 5.32 Å². The van der Waals surface area contributed by atoms with Crippen molar-refractivity contribution < 1.29 is 5.11 Å². The molecular formula is C12H18ClNO. The molecule has 1 atom stereocenters. The second-order valence-corrected chi connectivity index (χ2v) is 4.42. The van der Waals surface area contributed by atoms with E-state index >= 15 is 0 Å². The second-order valence-electron chi connectivity index (χ2n) is 4.01. The standard InChI is InChI=1S/C12H18ClNO/c1-8(2)10-5-4-9(6-11(10)13)12(15)7-14-3/h4-6,8,12,14-15H,7H2,1-3H3. The highest BCUT2D eigenvalue weighted by Gasteiger charge is 2.10. The molecule has 1 aromatic rings. The summed E-state index contributed by atoms with van der Waals surface area (Å²) >= 11 is 6.14. The Labute approximate surface area is 96.3 Å². The maximum absolute atomic E-state index is 9.75. The molecule has 0 amide bonds. The number of nitrogens with one attached hydrogen (secondary N) is 1. The van der Waals surface area contributed by atoms with Crippen molar-refractivity contribution >= 4 is 11.6 Å². The van der Waals surface area contributed by atoms with E-state index in [-0.39, 0.29) is 0 Å². The first kappa shape index (κ1) is 12.5. The third-order valence-electron chi connectivity index (χ3n) is 2.43. The summed E-state index contributed by atoms with van der Waals surface area (Å²) in [5.74, 6) is 0.410. The molecule has 0 spiro atoms. The fourth-order valence-corrected chi connectivity index (χ4v) is 1.94. The van der Waals surface area contributed by atoms with E-state index in [1.807, 2.05) is 25.2 Å². The van der Waals surface area contributed by atoms with Gasteiger partial charge in [0, 0.05) is 11.6 Å². The smallest absolute Gasteiger partial charge is 0.0914 e. The lowest BCUT2D eigenvalue weighted by Gasteiger charge is -2.14. The molecule has 15 heavy (non-hydrogen) atoms. The molecule has 2 nitrogen and oxygen atoms in total. The van der Waals surface area contributed by atoms with Gasteiger partial charge in [-0.3, -0.25) is 0 Å². The molecule has 1 rings (SSSR count). The Balaban J connectivity index is 2.91. The summed E-state index contributed by atoms with van der Waals surface area (Å²) in [6, 6.07) is 5.77. The molecule has 3 heteroatoms. The van der Waals surface area contributed by atoms with Gasteiger partial charge in [0.25, 0.3) is 0 Å². The Hall–Kier alpha value is -0.570. The predicted octanol–water partition coefficient (Wildman–Crippen LogP) is 2.72. The highest BCUT2D eigenvalue weighted by Crippen LogP contribution is 2.27. The summed E-state index contributed by atoms with van der Waals surface area (Å²) in [6.45, 7) is 4.74. The van der Waals surface area contributed by atoms with Crippen molar-refractivity contribution in [2.24, 2.45) is 0 Å². The number of halogens is 1. The van der Waals surface area contributed by atoms with Crippen LogP contribution in [0.25, 0.3) is 0 Å². The van der Waals surface area contributed by atoms with Gasteiger partial charge >= 0.3 is 0 Å². The van der Waals surface area contributed by atoms with Crippen molar-refractivity contribution in [3.8, 4) is 0 Å². The van der Waals surface area contributed by atoms with Crippen LogP contribution >= 0.6 is 11.6 Å². The van der Waals surface area contributed by atoms with E-state index in [4.69, 9.17) is 11.6 Å². The molecule has 0 fully saturated rings. The molecule has 1 unspecified atom stereocenters. The van der Waals surface area contributed by atoms with Gasteiger partial charge in [0.05, 0.1) is 6.10 Å². The van der Waals surface area contributed by atoms with Crippen LogP contribution in [0.1, 0.15) is 37.0 Å². The van der Waals surface area contributed by atoms with Gasteiger partial charge in [-0.1, -0.05) is 37.6 Å². The fourth-order valence-electron chi connectivity index (χ4n) is 1.53. The van der Waals surface area contributed by atoms with Crippen molar-refractivity contribution in [2.75, 3.05) is 13.6 Å². The molecular weight excluding hydrogens is 210 g/mol. The van der Waals surface area contributed by atoms with Gasteiger partial charge in [0.1, 0.15) is 0 Å². The minimum atomic E-state index is -0.492. The molecule has 0 aliphatic heterocycles. The molecule has 0 aliphatic rings. The largest absolute Gasteiger partial charge is 0.387 e. The highest BCUT2D eigenvalue weighted by molar-refractivity contribution is 6.31. The zero-order valence-corrected chi connectivity index (χ0v) is 10.2. The maximum Gasteiger partial charge on any atom is 0.0914 e. The van der Waals surface area contributed by atoms with Crippen molar-refractivity contribution in [2.45, 2.75) is 25.9 Å². The molecule has 0 radical (unpaired) electrons. The third-order valence-corrected chi connectivity index (χ3v) is 2.76. The normalized spacial score (nSPS) is 13.2. The van der Waals surface area contributed by atoms with E-state index in [1.165, 1.54) is 0 Å². The SMILES string of the molecule is CNCC(O)c1ccc(C(C)C)c(Cl)c1. The average molecular weight is 228 g/mol. The van der Waals surface area contributed by atoms with Gasteiger partial charge < -0.3 is 10.4 Å². The van der Waals surface area contributed by atoms with Crippen LogP contribution in [0.5, 0.6) is 0 Å². The predicted molar refractivity (Wildman–Crippen MR) is 64.4 cm³/mol. The lowest BCUT2D eigenvalue weighted by atomic mass is 10.00. The highest BCUT2D eigenvalue weighted by atomic mass is 35.5. The summed E-state index contributed by atoms with van der Waals surface area (Å²) in [7, 11) is 1.81. The minimum Gasteiger partial charge on any atom is -0.387 e. The van der Waals surface area contributed by atoms with Crippen LogP contribution in [0, 0.1) is 0 Å². The second kappa shape index (κ2) is 5.50. The van der Waals surface area contributed by atoms with E-state index in [2.05, 4.69) is 19.2 Å². The summed E-state index contributed by atoms with van der Waals surface area (Å²) < 4.78 is 0. The Morgan fingerprint density at radius 2 is 2.07 bits per heavy atom. The zero-order valence-electron chi connectivity index (χ0n) is 9.42. The summed E-state index contributed by atoms with van der Waals surface area (Å²) in [5, 5.41) is 13.4. The molecule has 0 aromatic heterocycles. The third kappa shape index (κ3) is 3.20. The summed E-state index contributed by atoms with van der Waals surface area (Å²) in [6.07, 6.45) is -0.492. The van der Waals surface area contributed by atoms with Gasteiger partial charge in [-0.25, -0.2) is 0 Å². The Kier molecular flexibility index (Phi) is 4.58. The molecule has 0 bridgehead atoms. The Morgan fingerprint density at radius 1 is 1.40 bits per heavy atom. The summed E-state index contributed by atoms with van der Waals surface area (Å²) in [5.41, 5.74) is 1.98. The average Bonchev–Trinajstić information content (AvgIpc) is 2.17. The van der Waals surface area contributed by atoms with Crippen LogP contribution in [0.3, 0.4) is 0 Å². The number of rotatable bonds is 4. The Bertz CT molecular complexity index is 325. The quantitative estimate of drug-likeness (QED) is 0.829. The first-order chi connectivity index (χ1) is 7.06. The number of hydrogen-bond donors (Lipinski definition) is 2. The maximum atomic E-state index is 9.75. The van der Waals surface area contributed by atoms with Crippen LogP contribution in [0.15, 0.2) is 18.2 Å². The van der Waals surface area contributed by atoms with Gasteiger partial charge in [-0.15, -0.1) is 0 Å². The monoisotopic (exact) mass is 227 g/mol. The summed E-state index contributed by atoms with van der Waals surface area (Å²) in [4.78, 5) is 0. The number of hydrogen-bond acceptors (Lipinski definition) is 2. The Morgan fingerprint density at radius 3 is 2.53 bits per heavy atom. The lowest BCUT2D eigenvalue weighted by molar-refractivity contribution is 0.178. The molecule has 1 aromatic carbocycles.